The summed E-state index contributed by atoms with van der Waals surface area (Å²) in [7, 11) is 1.90. The normalized spacial score (nSPS) is 17.6. The first-order valence-corrected chi connectivity index (χ1v) is 9.70. The van der Waals surface area contributed by atoms with Crippen LogP contribution in [0.2, 0.25) is 0 Å². The molecule has 0 saturated carbocycles. The van der Waals surface area contributed by atoms with Gasteiger partial charge in [-0.15, -0.1) is 0 Å². The Balaban J connectivity index is 1.61. The van der Waals surface area contributed by atoms with E-state index in [4.69, 9.17) is 0 Å². The molecule has 0 spiro atoms. The molecule has 1 aliphatic heterocycles. The highest BCUT2D eigenvalue weighted by Crippen LogP contribution is 2.24. The highest BCUT2D eigenvalue weighted by Gasteiger charge is 2.28. The summed E-state index contributed by atoms with van der Waals surface area (Å²) in [5.74, 6) is 1.08. The van der Waals surface area contributed by atoms with Gasteiger partial charge >= 0.3 is 0 Å². The Hall–Kier alpha value is -2.43. The van der Waals surface area contributed by atoms with E-state index >= 15 is 0 Å². The van der Waals surface area contributed by atoms with E-state index in [2.05, 4.69) is 59.9 Å². The van der Waals surface area contributed by atoms with Crippen molar-refractivity contribution in [1.82, 2.24) is 14.9 Å². The van der Waals surface area contributed by atoms with E-state index in [1.165, 1.54) is 11.1 Å². The van der Waals surface area contributed by atoms with Crippen molar-refractivity contribution in [3.05, 3.63) is 54.0 Å². The van der Waals surface area contributed by atoms with Crippen LogP contribution in [0.1, 0.15) is 44.7 Å². The maximum Gasteiger partial charge on any atom is 0.227 e. The lowest BCUT2D eigenvalue weighted by molar-refractivity contribution is -0.135. The van der Waals surface area contributed by atoms with Crippen LogP contribution in [0.15, 0.2) is 42.9 Å². The van der Waals surface area contributed by atoms with Crippen LogP contribution in [0.4, 0.5) is 5.82 Å². The van der Waals surface area contributed by atoms with Gasteiger partial charge in [0.1, 0.15) is 5.82 Å². The minimum absolute atomic E-state index is 0.0135. The van der Waals surface area contributed by atoms with Gasteiger partial charge in [-0.1, -0.05) is 45.0 Å². The van der Waals surface area contributed by atoms with Gasteiger partial charge in [0.15, 0.2) is 0 Å². The zero-order valence-electron chi connectivity index (χ0n) is 16.9. The number of carbonyl (C=O) groups excluding carboxylic acids is 1. The molecule has 1 aromatic heterocycles. The number of carbonyl (C=O) groups is 1. The average molecular weight is 367 g/mol. The molecule has 2 heterocycles. The van der Waals surface area contributed by atoms with E-state index in [1.54, 1.807) is 18.6 Å². The summed E-state index contributed by atoms with van der Waals surface area (Å²) in [5, 5.41) is 0. The molecule has 1 atom stereocenters. The molecule has 1 aliphatic rings. The summed E-state index contributed by atoms with van der Waals surface area (Å²) in [6.07, 6.45) is 7.08. The van der Waals surface area contributed by atoms with Crippen LogP contribution in [0, 0.1) is 5.92 Å². The van der Waals surface area contributed by atoms with E-state index in [9.17, 15) is 4.79 Å². The second-order valence-corrected chi connectivity index (χ2v) is 8.49. The number of rotatable bonds is 4. The summed E-state index contributed by atoms with van der Waals surface area (Å²) in [5.41, 5.74) is 2.62. The molecule has 1 aromatic carbocycles. The first-order chi connectivity index (χ1) is 12.8. The predicted octanol–water partition coefficient (Wildman–Crippen LogP) is 3.65. The van der Waals surface area contributed by atoms with Crippen LogP contribution in [-0.2, 0) is 16.8 Å². The first-order valence-electron chi connectivity index (χ1n) is 9.70. The van der Waals surface area contributed by atoms with Crippen LogP contribution in [-0.4, -0.2) is 40.9 Å². The van der Waals surface area contributed by atoms with E-state index in [0.717, 1.165) is 25.2 Å². The van der Waals surface area contributed by atoms with Gasteiger partial charge in [0, 0.05) is 39.1 Å². The van der Waals surface area contributed by atoms with Crippen LogP contribution in [0.25, 0.3) is 0 Å². The molecular formula is C22H30N4O. The van der Waals surface area contributed by atoms with Crippen molar-refractivity contribution in [3.8, 4) is 0 Å². The standard InChI is InChI=1S/C22H30N4O/c1-22(2,3)19-9-7-17(8-10-19)15-25(4)21(27)18-6-5-13-26(16-18)20-14-23-11-12-24-20/h7-12,14,18H,5-6,13,15-16H2,1-4H3/t18-/m1/s1. The molecule has 2 aromatic rings. The molecule has 27 heavy (non-hydrogen) atoms. The SMILES string of the molecule is CN(Cc1ccc(C(C)(C)C)cc1)C(=O)[C@@H]1CCCN(c2cnccn2)C1. The molecule has 0 radical (unpaired) electrons. The van der Waals surface area contributed by atoms with Gasteiger partial charge in [0.2, 0.25) is 5.91 Å². The molecule has 1 saturated heterocycles. The highest BCUT2D eigenvalue weighted by atomic mass is 16.2. The third kappa shape index (κ3) is 4.85. The van der Waals surface area contributed by atoms with Crippen molar-refractivity contribution < 1.29 is 4.79 Å². The maximum atomic E-state index is 13.0. The van der Waals surface area contributed by atoms with Crippen LogP contribution < -0.4 is 4.90 Å². The number of hydrogen-bond donors (Lipinski definition) is 0. The third-order valence-electron chi connectivity index (χ3n) is 5.26. The number of anilines is 1. The first kappa shape index (κ1) is 19.3. The van der Waals surface area contributed by atoms with E-state index in [1.807, 2.05) is 11.9 Å². The molecule has 0 N–H and O–H groups in total. The van der Waals surface area contributed by atoms with Crippen molar-refractivity contribution in [3.63, 3.8) is 0 Å². The molecular weight excluding hydrogens is 336 g/mol. The fourth-order valence-corrected chi connectivity index (χ4v) is 3.61. The van der Waals surface area contributed by atoms with Crippen LogP contribution in [0.3, 0.4) is 0 Å². The molecule has 1 amide bonds. The Kier molecular flexibility index (Phi) is 5.78. The number of hydrogen-bond acceptors (Lipinski definition) is 4. The molecule has 5 heteroatoms. The second kappa shape index (κ2) is 8.07. The molecule has 0 aliphatic carbocycles. The fraction of sp³-hybridized carbons (Fsp3) is 0.500. The zero-order valence-corrected chi connectivity index (χ0v) is 16.9. The second-order valence-electron chi connectivity index (χ2n) is 8.49. The molecule has 5 nitrogen and oxygen atoms in total. The largest absolute Gasteiger partial charge is 0.355 e. The van der Waals surface area contributed by atoms with Gasteiger partial charge in [-0.3, -0.25) is 9.78 Å². The van der Waals surface area contributed by atoms with Gasteiger partial charge in [-0.2, -0.15) is 0 Å². The quantitative estimate of drug-likeness (QED) is 0.829. The number of nitrogens with zero attached hydrogens (tertiary/aromatic N) is 4. The van der Waals surface area contributed by atoms with Gasteiger partial charge in [0.05, 0.1) is 12.1 Å². The van der Waals surface area contributed by atoms with Gasteiger partial charge < -0.3 is 9.80 Å². The number of benzene rings is 1. The van der Waals surface area contributed by atoms with Crippen molar-refractivity contribution in [2.24, 2.45) is 5.92 Å². The Morgan fingerprint density at radius 3 is 2.59 bits per heavy atom. The monoisotopic (exact) mass is 366 g/mol. The lowest BCUT2D eigenvalue weighted by Gasteiger charge is -2.34. The minimum atomic E-state index is 0.0135. The zero-order chi connectivity index (χ0) is 19.4. The lowest BCUT2D eigenvalue weighted by Crippen LogP contribution is -2.43. The van der Waals surface area contributed by atoms with E-state index in [0.29, 0.717) is 13.1 Å². The molecule has 3 rings (SSSR count). The van der Waals surface area contributed by atoms with Crippen LogP contribution >= 0.6 is 0 Å². The average Bonchev–Trinajstić information content (AvgIpc) is 2.68. The highest BCUT2D eigenvalue weighted by molar-refractivity contribution is 5.79. The smallest absolute Gasteiger partial charge is 0.227 e. The Morgan fingerprint density at radius 2 is 1.96 bits per heavy atom. The molecule has 144 valence electrons. The summed E-state index contributed by atoms with van der Waals surface area (Å²) >= 11 is 0. The Bertz CT molecular complexity index is 752. The third-order valence-corrected chi connectivity index (χ3v) is 5.26. The number of piperidine rings is 1. The molecule has 1 fully saturated rings. The maximum absolute atomic E-state index is 13.0. The van der Waals surface area contributed by atoms with Crippen molar-refractivity contribution >= 4 is 11.7 Å². The van der Waals surface area contributed by atoms with Crippen molar-refractivity contribution in [2.45, 2.75) is 45.6 Å². The number of aromatic nitrogens is 2. The molecule has 0 bridgehead atoms. The lowest BCUT2D eigenvalue weighted by atomic mass is 9.87. The van der Waals surface area contributed by atoms with Crippen molar-refractivity contribution in [1.29, 1.82) is 0 Å². The Morgan fingerprint density at radius 1 is 1.22 bits per heavy atom. The Labute approximate surface area is 162 Å². The predicted molar refractivity (Wildman–Crippen MR) is 109 cm³/mol. The summed E-state index contributed by atoms with van der Waals surface area (Å²) in [6, 6.07) is 8.61. The van der Waals surface area contributed by atoms with Crippen molar-refractivity contribution in [2.75, 3.05) is 25.0 Å². The minimum Gasteiger partial charge on any atom is -0.355 e. The summed E-state index contributed by atoms with van der Waals surface area (Å²) in [6.45, 7) is 8.92. The molecule has 0 unspecified atom stereocenters. The topological polar surface area (TPSA) is 49.3 Å². The van der Waals surface area contributed by atoms with E-state index in [-0.39, 0.29) is 17.2 Å². The van der Waals surface area contributed by atoms with E-state index < -0.39 is 0 Å². The summed E-state index contributed by atoms with van der Waals surface area (Å²) in [4.78, 5) is 25.5. The number of amides is 1. The fourth-order valence-electron chi connectivity index (χ4n) is 3.61. The van der Waals surface area contributed by atoms with Gasteiger partial charge in [0.25, 0.3) is 0 Å². The summed E-state index contributed by atoms with van der Waals surface area (Å²) < 4.78 is 0. The van der Waals surface area contributed by atoms with Gasteiger partial charge in [-0.05, 0) is 29.4 Å². The van der Waals surface area contributed by atoms with Crippen LogP contribution in [0.5, 0.6) is 0 Å². The van der Waals surface area contributed by atoms with Gasteiger partial charge in [-0.25, -0.2) is 4.98 Å².